The van der Waals surface area contributed by atoms with Crippen LogP contribution in [0.15, 0.2) is 18.2 Å². The van der Waals surface area contributed by atoms with Crippen LogP contribution in [0.1, 0.15) is 63.5 Å². The molecule has 2 aliphatic rings. The van der Waals surface area contributed by atoms with Crippen molar-refractivity contribution in [3.63, 3.8) is 0 Å². The van der Waals surface area contributed by atoms with E-state index >= 15 is 0 Å². The Labute approximate surface area is 192 Å². The number of nitrogens with zero attached hydrogens (tertiary/aromatic N) is 2. The number of benzene rings is 1. The van der Waals surface area contributed by atoms with Crippen molar-refractivity contribution < 1.29 is 19.4 Å². The minimum absolute atomic E-state index is 0.0257. The van der Waals surface area contributed by atoms with Crippen molar-refractivity contribution in [2.24, 2.45) is 0 Å². The number of aliphatic hydroxyl groups is 1. The number of nitrogens with one attached hydrogen (secondary N) is 1. The minimum Gasteiger partial charge on any atom is -0.493 e. The number of rotatable bonds is 5. The molecule has 1 saturated heterocycles. The van der Waals surface area contributed by atoms with Crippen LogP contribution in [-0.2, 0) is 22.6 Å². The van der Waals surface area contributed by atoms with Gasteiger partial charge in [-0.3, -0.25) is 14.5 Å². The van der Waals surface area contributed by atoms with Crippen molar-refractivity contribution in [2.75, 3.05) is 32.8 Å². The molecule has 1 fully saturated rings. The van der Waals surface area contributed by atoms with Gasteiger partial charge in [0.2, 0.25) is 11.8 Å². The van der Waals surface area contributed by atoms with Gasteiger partial charge >= 0.3 is 0 Å². The summed E-state index contributed by atoms with van der Waals surface area (Å²) < 4.78 is 6.11. The molecule has 3 rings (SSSR count). The summed E-state index contributed by atoms with van der Waals surface area (Å²) in [5.41, 5.74) is 2.16. The topological polar surface area (TPSA) is 82.1 Å². The van der Waals surface area contributed by atoms with Gasteiger partial charge in [0, 0.05) is 37.7 Å². The number of hydrogen-bond acceptors (Lipinski definition) is 5. The molecule has 32 heavy (non-hydrogen) atoms. The second-order valence-electron chi connectivity index (χ2n) is 9.27. The van der Waals surface area contributed by atoms with Crippen molar-refractivity contribution in [3.8, 4) is 5.75 Å². The first-order valence-corrected chi connectivity index (χ1v) is 12.1. The first-order chi connectivity index (χ1) is 15.5. The van der Waals surface area contributed by atoms with Crippen molar-refractivity contribution in [1.82, 2.24) is 15.1 Å². The van der Waals surface area contributed by atoms with Crippen LogP contribution < -0.4 is 10.1 Å². The number of aliphatic hydroxyl groups excluding tert-OH is 1. The van der Waals surface area contributed by atoms with E-state index in [0.717, 1.165) is 55.5 Å². The zero-order chi connectivity index (χ0) is 22.9. The smallest absolute Gasteiger partial charge is 0.234 e. The molecule has 0 radical (unpaired) electrons. The zero-order valence-electron chi connectivity index (χ0n) is 19.6. The summed E-state index contributed by atoms with van der Waals surface area (Å²) in [4.78, 5) is 29.1. The van der Waals surface area contributed by atoms with E-state index in [1.807, 2.05) is 17.0 Å². The number of fused-ring (bicyclic) bond motifs is 1. The predicted molar refractivity (Wildman–Crippen MR) is 124 cm³/mol. The number of ether oxygens (including phenoxy) is 1. The third-order valence-electron chi connectivity index (χ3n) is 6.51. The molecule has 1 aromatic rings. The van der Waals surface area contributed by atoms with Crippen LogP contribution in [0.2, 0.25) is 0 Å². The van der Waals surface area contributed by atoms with Gasteiger partial charge in [-0.15, -0.1) is 0 Å². The average Bonchev–Trinajstić information content (AvgIpc) is 3.26. The maximum Gasteiger partial charge on any atom is 0.234 e. The Bertz CT molecular complexity index is 768. The Morgan fingerprint density at radius 3 is 2.84 bits per heavy atom. The summed E-state index contributed by atoms with van der Waals surface area (Å²) in [6, 6.07) is 6.38. The molecule has 0 saturated carbocycles. The first-order valence-electron chi connectivity index (χ1n) is 12.1. The van der Waals surface area contributed by atoms with Crippen LogP contribution in [-0.4, -0.2) is 71.7 Å². The SMILES string of the molecule is CC(C)N1CC(=O)NCCCCCOc2ccc(CCC(=O)N3CCCC3CO)cc2C1. The number of hydrogen-bond donors (Lipinski definition) is 2. The summed E-state index contributed by atoms with van der Waals surface area (Å²) in [7, 11) is 0. The monoisotopic (exact) mass is 445 g/mol. The molecule has 1 aromatic carbocycles. The van der Waals surface area contributed by atoms with E-state index in [1.54, 1.807) is 0 Å². The molecule has 0 aromatic heterocycles. The molecular formula is C25H39N3O4. The second-order valence-corrected chi connectivity index (χ2v) is 9.27. The largest absolute Gasteiger partial charge is 0.493 e. The van der Waals surface area contributed by atoms with Gasteiger partial charge in [0.25, 0.3) is 0 Å². The zero-order valence-corrected chi connectivity index (χ0v) is 19.6. The molecule has 2 amide bonds. The fourth-order valence-electron chi connectivity index (χ4n) is 4.50. The summed E-state index contributed by atoms with van der Waals surface area (Å²) in [5, 5.41) is 12.5. The Morgan fingerprint density at radius 1 is 1.22 bits per heavy atom. The van der Waals surface area contributed by atoms with Gasteiger partial charge in [-0.25, -0.2) is 0 Å². The Kier molecular flexibility index (Phi) is 9.36. The van der Waals surface area contributed by atoms with E-state index < -0.39 is 0 Å². The molecule has 7 nitrogen and oxygen atoms in total. The highest BCUT2D eigenvalue weighted by Crippen LogP contribution is 2.25. The van der Waals surface area contributed by atoms with Crippen molar-refractivity contribution in [1.29, 1.82) is 0 Å². The van der Waals surface area contributed by atoms with Gasteiger partial charge in [-0.1, -0.05) is 12.1 Å². The average molecular weight is 446 g/mol. The van der Waals surface area contributed by atoms with Gasteiger partial charge in [0.05, 0.1) is 25.8 Å². The lowest BCUT2D eigenvalue weighted by Crippen LogP contribution is -2.40. The van der Waals surface area contributed by atoms with E-state index in [4.69, 9.17) is 4.74 Å². The lowest BCUT2D eigenvalue weighted by molar-refractivity contribution is -0.132. The lowest BCUT2D eigenvalue weighted by atomic mass is 10.0. The van der Waals surface area contributed by atoms with E-state index in [1.165, 1.54) is 0 Å². The number of carbonyl (C=O) groups excluding carboxylic acids is 2. The van der Waals surface area contributed by atoms with Crippen LogP contribution >= 0.6 is 0 Å². The minimum atomic E-state index is -0.0257. The first kappa shape index (κ1) is 24.5. The van der Waals surface area contributed by atoms with E-state index in [0.29, 0.717) is 39.1 Å². The van der Waals surface area contributed by atoms with Crippen LogP contribution in [0.25, 0.3) is 0 Å². The highest BCUT2D eigenvalue weighted by atomic mass is 16.5. The Hall–Kier alpha value is -2.12. The fourth-order valence-corrected chi connectivity index (χ4v) is 4.50. The van der Waals surface area contributed by atoms with Gasteiger partial charge in [-0.2, -0.15) is 0 Å². The molecule has 0 spiro atoms. The second kappa shape index (κ2) is 12.2. The summed E-state index contributed by atoms with van der Waals surface area (Å²) >= 11 is 0. The maximum atomic E-state index is 12.7. The van der Waals surface area contributed by atoms with Crippen molar-refractivity contribution in [2.45, 2.75) is 77.4 Å². The van der Waals surface area contributed by atoms with Crippen LogP contribution in [0, 0.1) is 0 Å². The number of aryl methyl sites for hydroxylation is 1. The third kappa shape index (κ3) is 6.94. The van der Waals surface area contributed by atoms with Crippen molar-refractivity contribution in [3.05, 3.63) is 29.3 Å². The molecule has 178 valence electrons. The predicted octanol–water partition coefficient (Wildman–Crippen LogP) is 2.49. The molecule has 2 aliphatic heterocycles. The van der Waals surface area contributed by atoms with Crippen LogP contribution in [0.4, 0.5) is 0 Å². The van der Waals surface area contributed by atoms with Gasteiger partial charge in [0.1, 0.15) is 5.75 Å². The Balaban J connectivity index is 1.72. The van der Waals surface area contributed by atoms with E-state index in [-0.39, 0.29) is 30.5 Å². The molecule has 2 N–H and O–H groups in total. The number of amides is 2. The standard InChI is InChI=1S/C25H39N3O4/c1-19(2)27-16-21-15-20(9-11-25(31)28-13-6-7-22(28)18-29)8-10-23(21)32-14-5-3-4-12-26-24(30)17-27/h8,10,15,19,22,29H,3-7,9,11-14,16-18H2,1-2H3,(H,26,30). The maximum absolute atomic E-state index is 12.7. The molecule has 1 atom stereocenters. The molecule has 0 aliphatic carbocycles. The van der Waals surface area contributed by atoms with Gasteiger partial charge in [0.15, 0.2) is 0 Å². The van der Waals surface area contributed by atoms with Crippen molar-refractivity contribution >= 4 is 11.8 Å². The summed E-state index contributed by atoms with van der Waals surface area (Å²) in [5.74, 6) is 1.04. The third-order valence-corrected chi connectivity index (χ3v) is 6.51. The number of likely N-dealkylation sites (tertiary alicyclic amines) is 1. The summed E-state index contributed by atoms with van der Waals surface area (Å²) in [6.07, 6.45) is 5.89. The summed E-state index contributed by atoms with van der Waals surface area (Å²) in [6.45, 7) is 7.35. The fraction of sp³-hybridized carbons (Fsp3) is 0.680. The molecule has 0 bridgehead atoms. The quantitative estimate of drug-likeness (QED) is 0.728. The van der Waals surface area contributed by atoms with E-state index in [9.17, 15) is 14.7 Å². The van der Waals surface area contributed by atoms with Gasteiger partial charge < -0.3 is 20.1 Å². The molecule has 2 heterocycles. The van der Waals surface area contributed by atoms with Crippen LogP contribution in [0.5, 0.6) is 5.75 Å². The highest BCUT2D eigenvalue weighted by molar-refractivity contribution is 5.78. The molecular weight excluding hydrogens is 406 g/mol. The molecule has 1 unspecified atom stereocenters. The highest BCUT2D eigenvalue weighted by Gasteiger charge is 2.27. The van der Waals surface area contributed by atoms with Crippen LogP contribution in [0.3, 0.4) is 0 Å². The molecule has 7 heteroatoms. The number of carbonyl (C=O) groups is 2. The van der Waals surface area contributed by atoms with Gasteiger partial charge in [-0.05, 0) is 64.0 Å². The Morgan fingerprint density at radius 2 is 2.06 bits per heavy atom. The lowest BCUT2D eigenvalue weighted by Gasteiger charge is -2.27. The van der Waals surface area contributed by atoms with E-state index in [2.05, 4.69) is 30.1 Å². The normalized spacial score (nSPS) is 21.2.